The second-order valence-electron chi connectivity index (χ2n) is 8.21. The summed E-state index contributed by atoms with van der Waals surface area (Å²) in [5.74, 6) is 2.96. The van der Waals surface area contributed by atoms with Crippen LogP contribution in [-0.4, -0.2) is 44.0 Å². The van der Waals surface area contributed by atoms with Gasteiger partial charge in [0, 0.05) is 31.3 Å². The van der Waals surface area contributed by atoms with E-state index in [1.807, 2.05) is 39.9 Å². The molecule has 0 N–H and O–H groups in total. The Morgan fingerprint density at radius 2 is 2.03 bits per heavy atom. The molecule has 1 aliphatic rings. The van der Waals surface area contributed by atoms with Crippen LogP contribution in [-0.2, 0) is 11.2 Å². The number of carbonyl (C=O) groups is 1. The molecule has 4 rings (SSSR count). The Morgan fingerprint density at radius 3 is 2.77 bits per heavy atom. The molecule has 1 saturated heterocycles. The maximum atomic E-state index is 13.0. The third-order valence-corrected chi connectivity index (χ3v) is 5.77. The summed E-state index contributed by atoms with van der Waals surface area (Å²) >= 11 is 0. The first-order chi connectivity index (χ1) is 15.1. The van der Waals surface area contributed by atoms with Crippen LogP contribution in [0.1, 0.15) is 62.2 Å². The number of aryl methyl sites for hydroxylation is 1. The van der Waals surface area contributed by atoms with Gasteiger partial charge < -0.3 is 9.64 Å². The van der Waals surface area contributed by atoms with Crippen LogP contribution >= 0.6 is 0 Å². The molecular formula is C24H29N5O2. The average Bonchev–Trinajstić information content (AvgIpc) is 3.48. The Kier molecular flexibility index (Phi) is 6.30. The number of imidazole rings is 1. The number of amides is 1. The van der Waals surface area contributed by atoms with Crippen LogP contribution in [0.3, 0.4) is 0 Å². The Morgan fingerprint density at radius 1 is 1.23 bits per heavy atom. The Labute approximate surface area is 183 Å². The summed E-state index contributed by atoms with van der Waals surface area (Å²) in [5.41, 5.74) is 1.98. The van der Waals surface area contributed by atoms with Gasteiger partial charge in [0.25, 0.3) is 0 Å². The topological polar surface area (TPSA) is 73.1 Å². The number of benzene rings is 1. The van der Waals surface area contributed by atoms with Crippen LogP contribution in [0.2, 0.25) is 0 Å². The summed E-state index contributed by atoms with van der Waals surface area (Å²) in [4.78, 5) is 28.7. The van der Waals surface area contributed by atoms with Gasteiger partial charge >= 0.3 is 0 Å². The summed E-state index contributed by atoms with van der Waals surface area (Å²) in [7, 11) is 1.65. The molecule has 7 nitrogen and oxygen atoms in total. The number of aromatic nitrogens is 4. The predicted molar refractivity (Wildman–Crippen MR) is 118 cm³/mol. The normalized spacial score (nSPS) is 16.1. The summed E-state index contributed by atoms with van der Waals surface area (Å²) < 4.78 is 7.18. The molecule has 162 valence electrons. The van der Waals surface area contributed by atoms with Crippen molar-refractivity contribution in [3.63, 3.8) is 0 Å². The number of ether oxygens (including phenoxy) is 1. The number of rotatable bonds is 7. The number of hydrogen-bond donors (Lipinski definition) is 0. The van der Waals surface area contributed by atoms with Crippen molar-refractivity contribution in [2.24, 2.45) is 0 Å². The molecule has 1 unspecified atom stereocenters. The fourth-order valence-corrected chi connectivity index (χ4v) is 4.14. The lowest BCUT2D eigenvalue weighted by Gasteiger charge is -2.24. The van der Waals surface area contributed by atoms with E-state index in [-0.39, 0.29) is 17.9 Å². The largest absolute Gasteiger partial charge is 0.497 e. The fourth-order valence-electron chi connectivity index (χ4n) is 4.14. The van der Waals surface area contributed by atoms with Gasteiger partial charge in [0.05, 0.1) is 31.2 Å². The SMILES string of the molecule is COc1ccc(CCC(=O)N2CCCC2c2cncc(-n3ccnc3C(C)C)n2)cc1. The molecule has 3 heterocycles. The van der Waals surface area contributed by atoms with Gasteiger partial charge in [-0.3, -0.25) is 14.3 Å². The third-order valence-electron chi connectivity index (χ3n) is 5.77. The van der Waals surface area contributed by atoms with E-state index in [1.54, 1.807) is 25.7 Å². The molecule has 0 aliphatic carbocycles. The van der Waals surface area contributed by atoms with Crippen molar-refractivity contribution in [1.29, 1.82) is 0 Å². The van der Waals surface area contributed by atoms with Gasteiger partial charge in [-0.25, -0.2) is 9.97 Å². The molecule has 7 heteroatoms. The minimum Gasteiger partial charge on any atom is -0.497 e. The van der Waals surface area contributed by atoms with Crippen molar-refractivity contribution in [3.8, 4) is 11.6 Å². The molecular weight excluding hydrogens is 390 g/mol. The van der Waals surface area contributed by atoms with E-state index in [4.69, 9.17) is 9.72 Å². The monoisotopic (exact) mass is 419 g/mol. The molecule has 2 aromatic heterocycles. The number of hydrogen-bond acceptors (Lipinski definition) is 5. The highest BCUT2D eigenvalue weighted by atomic mass is 16.5. The van der Waals surface area contributed by atoms with E-state index in [0.29, 0.717) is 12.8 Å². The van der Waals surface area contributed by atoms with Gasteiger partial charge in [-0.2, -0.15) is 0 Å². The first-order valence-corrected chi connectivity index (χ1v) is 10.8. The first-order valence-electron chi connectivity index (χ1n) is 10.8. The molecule has 0 bridgehead atoms. The minimum absolute atomic E-state index is 0.0261. The Balaban J connectivity index is 1.47. The fraction of sp³-hybridized carbons (Fsp3) is 0.417. The standard InChI is InChI=1S/C24H29N5O2/c1-17(2)24-26-12-14-29(24)22-16-25-15-20(27-22)21-5-4-13-28(21)23(30)11-8-18-6-9-19(31-3)10-7-18/h6-7,9-10,12,14-17,21H,4-5,8,11,13H2,1-3H3. The third kappa shape index (κ3) is 4.60. The summed E-state index contributed by atoms with van der Waals surface area (Å²) in [6.07, 6.45) is 10.3. The van der Waals surface area contributed by atoms with Crippen LogP contribution in [0.5, 0.6) is 5.75 Å². The van der Waals surface area contributed by atoms with Crippen molar-refractivity contribution in [2.75, 3.05) is 13.7 Å². The molecule has 0 spiro atoms. The smallest absolute Gasteiger partial charge is 0.223 e. The lowest BCUT2D eigenvalue weighted by atomic mass is 10.1. The van der Waals surface area contributed by atoms with E-state index in [1.165, 1.54) is 0 Å². The minimum atomic E-state index is -0.0261. The number of likely N-dealkylation sites (tertiary alicyclic amines) is 1. The summed E-state index contributed by atoms with van der Waals surface area (Å²) in [5, 5.41) is 0. The van der Waals surface area contributed by atoms with Crippen LogP contribution < -0.4 is 4.74 Å². The second-order valence-corrected chi connectivity index (χ2v) is 8.21. The lowest BCUT2D eigenvalue weighted by molar-refractivity contribution is -0.132. The lowest BCUT2D eigenvalue weighted by Crippen LogP contribution is -2.31. The average molecular weight is 420 g/mol. The molecule has 31 heavy (non-hydrogen) atoms. The highest BCUT2D eigenvalue weighted by Crippen LogP contribution is 2.32. The van der Waals surface area contributed by atoms with E-state index < -0.39 is 0 Å². The number of methoxy groups -OCH3 is 1. The van der Waals surface area contributed by atoms with E-state index in [2.05, 4.69) is 23.8 Å². The maximum absolute atomic E-state index is 13.0. The first kappa shape index (κ1) is 21.0. The van der Waals surface area contributed by atoms with Crippen LogP contribution in [0.25, 0.3) is 5.82 Å². The van der Waals surface area contributed by atoms with Crippen molar-refractivity contribution < 1.29 is 9.53 Å². The number of nitrogens with zero attached hydrogens (tertiary/aromatic N) is 5. The highest BCUT2D eigenvalue weighted by molar-refractivity contribution is 5.77. The van der Waals surface area contributed by atoms with Crippen molar-refractivity contribution in [1.82, 2.24) is 24.4 Å². The molecule has 1 amide bonds. The van der Waals surface area contributed by atoms with Gasteiger partial charge in [-0.05, 0) is 37.0 Å². The molecule has 1 aromatic carbocycles. The van der Waals surface area contributed by atoms with Crippen LogP contribution in [0.15, 0.2) is 49.1 Å². The summed E-state index contributed by atoms with van der Waals surface area (Å²) in [6, 6.07) is 7.86. The van der Waals surface area contributed by atoms with E-state index >= 15 is 0 Å². The molecule has 1 atom stereocenters. The molecule has 1 aliphatic heterocycles. The second kappa shape index (κ2) is 9.29. The Bertz CT molecular complexity index is 1030. The highest BCUT2D eigenvalue weighted by Gasteiger charge is 2.31. The van der Waals surface area contributed by atoms with Crippen molar-refractivity contribution >= 4 is 5.91 Å². The van der Waals surface area contributed by atoms with Gasteiger partial charge in [0.1, 0.15) is 11.6 Å². The van der Waals surface area contributed by atoms with Crippen molar-refractivity contribution in [2.45, 2.75) is 51.5 Å². The maximum Gasteiger partial charge on any atom is 0.223 e. The van der Waals surface area contributed by atoms with Gasteiger partial charge in [-0.15, -0.1) is 0 Å². The van der Waals surface area contributed by atoms with Crippen molar-refractivity contribution in [3.05, 3.63) is 66.1 Å². The van der Waals surface area contributed by atoms with Gasteiger partial charge in [0.2, 0.25) is 5.91 Å². The van der Waals surface area contributed by atoms with E-state index in [0.717, 1.165) is 48.0 Å². The van der Waals surface area contributed by atoms with Gasteiger partial charge in [-0.1, -0.05) is 26.0 Å². The zero-order valence-electron chi connectivity index (χ0n) is 18.4. The van der Waals surface area contributed by atoms with Crippen LogP contribution in [0, 0.1) is 0 Å². The van der Waals surface area contributed by atoms with E-state index in [9.17, 15) is 4.79 Å². The zero-order chi connectivity index (χ0) is 21.8. The molecule has 0 radical (unpaired) electrons. The quantitative estimate of drug-likeness (QED) is 0.577. The molecule has 0 saturated carbocycles. The summed E-state index contributed by atoms with van der Waals surface area (Å²) in [6.45, 7) is 4.98. The number of carbonyl (C=O) groups excluding carboxylic acids is 1. The Hall–Kier alpha value is -3.22. The predicted octanol–water partition coefficient (Wildman–Crippen LogP) is 4.09. The zero-order valence-corrected chi connectivity index (χ0v) is 18.4. The van der Waals surface area contributed by atoms with Crippen LogP contribution in [0.4, 0.5) is 0 Å². The van der Waals surface area contributed by atoms with Gasteiger partial charge in [0.15, 0.2) is 5.82 Å². The molecule has 3 aromatic rings. The molecule has 1 fully saturated rings.